The van der Waals surface area contributed by atoms with E-state index in [0.717, 1.165) is 13.0 Å². The van der Waals surface area contributed by atoms with E-state index in [-0.39, 0.29) is 5.92 Å². The third-order valence-electron chi connectivity index (χ3n) is 2.38. The zero-order valence-corrected chi connectivity index (χ0v) is 7.68. The summed E-state index contributed by atoms with van der Waals surface area (Å²) in [5, 5.41) is 3.26. The summed E-state index contributed by atoms with van der Waals surface area (Å²) < 4.78 is 0. The molecule has 0 aromatic carbocycles. The van der Waals surface area contributed by atoms with Crippen molar-refractivity contribution in [3.8, 4) is 11.8 Å². The summed E-state index contributed by atoms with van der Waals surface area (Å²) in [6, 6.07) is 0.344. The minimum absolute atomic E-state index is 0.200. The van der Waals surface area contributed by atoms with Crippen molar-refractivity contribution in [2.45, 2.75) is 32.7 Å². The molecule has 1 fully saturated rings. The summed E-state index contributed by atoms with van der Waals surface area (Å²) in [5.74, 6) is 6.06. The largest absolute Gasteiger partial charge is 0.314 e. The first kappa shape index (κ1) is 9.28. The summed E-state index contributed by atoms with van der Waals surface area (Å²) in [5.41, 5.74) is 0. The lowest BCUT2D eigenvalue weighted by Crippen LogP contribution is -2.27. The highest BCUT2D eigenvalue weighted by Gasteiger charge is 2.28. The van der Waals surface area contributed by atoms with Gasteiger partial charge in [-0.05, 0) is 26.8 Å². The van der Waals surface area contributed by atoms with Gasteiger partial charge in [0.05, 0.1) is 6.42 Å². The Bertz CT molecular complexity index is 224. The highest BCUT2D eigenvalue weighted by molar-refractivity contribution is 5.84. The van der Waals surface area contributed by atoms with Gasteiger partial charge in [-0.2, -0.15) is 0 Å². The zero-order valence-electron chi connectivity index (χ0n) is 7.68. The van der Waals surface area contributed by atoms with Gasteiger partial charge in [-0.25, -0.2) is 0 Å². The predicted octanol–water partition coefficient (Wildman–Crippen LogP) is 0.967. The van der Waals surface area contributed by atoms with Crippen LogP contribution in [0, 0.1) is 17.8 Å². The fraction of sp³-hybridized carbons (Fsp3) is 0.700. The molecular weight excluding hydrogens is 150 g/mol. The van der Waals surface area contributed by atoms with Crippen molar-refractivity contribution in [1.29, 1.82) is 0 Å². The van der Waals surface area contributed by atoms with Crippen LogP contribution in [0.25, 0.3) is 0 Å². The molecule has 66 valence electrons. The third-order valence-corrected chi connectivity index (χ3v) is 2.38. The van der Waals surface area contributed by atoms with E-state index < -0.39 is 0 Å². The first-order valence-corrected chi connectivity index (χ1v) is 4.41. The van der Waals surface area contributed by atoms with Crippen LogP contribution < -0.4 is 5.32 Å². The van der Waals surface area contributed by atoms with Crippen LogP contribution in [0.2, 0.25) is 0 Å². The molecule has 0 amide bonds. The molecule has 0 saturated carbocycles. The van der Waals surface area contributed by atoms with Gasteiger partial charge in [-0.3, -0.25) is 4.79 Å². The van der Waals surface area contributed by atoms with E-state index in [0.29, 0.717) is 18.2 Å². The van der Waals surface area contributed by atoms with Gasteiger partial charge in [-0.1, -0.05) is 5.92 Å². The Morgan fingerprint density at radius 1 is 1.67 bits per heavy atom. The molecule has 2 unspecified atom stereocenters. The van der Waals surface area contributed by atoms with Gasteiger partial charge in [0.2, 0.25) is 0 Å². The highest BCUT2D eigenvalue weighted by Crippen LogP contribution is 2.17. The average Bonchev–Trinajstić information content (AvgIpc) is 2.47. The lowest BCUT2D eigenvalue weighted by atomic mass is 9.95. The van der Waals surface area contributed by atoms with Crippen molar-refractivity contribution in [3.63, 3.8) is 0 Å². The molecule has 0 aromatic rings. The Balaban J connectivity index is 2.44. The van der Waals surface area contributed by atoms with Crippen LogP contribution in [0.1, 0.15) is 26.7 Å². The van der Waals surface area contributed by atoms with Crippen molar-refractivity contribution in [2.24, 2.45) is 5.92 Å². The van der Waals surface area contributed by atoms with Gasteiger partial charge in [0.15, 0.2) is 0 Å². The second-order valence-corrected chi connectivity index (χ2v) is 3.21. The number of hydrogen-bond acceptors (Lipinski definition) is 2. The second kappa shape index (κ2) is 4.27. The van der Waals surface area contributed by atoms with Crippen molar-refractivity contribution in [3.05, 3.63) is 0 Å². The maximum Gasteiger partial charge on any atom is 0.149 e. The van der Waals surface area contributed by atoms with E-state index in [2.05, 4.69) is 24.1 Å². The monoisotopic (exact) mass is 165 g/mol. The normalized spacial score (nSPS) is 27.8. The molecule has 1 rings (SSSR count). The Morgan fingerprint density at radius 2 is 2.42 bits per heavy atom. The number of ketones is 1. The summed E-state index contributed by atoms with van der Waals surface area (Å²) in [4.78, 5) is 11.5. The summed E-state index contributed by atoms with van der Waals surface area (Å²) >= 11 is 0. The number of nitrogens with one attached hydrogen (secondary N) is 1. The number of carbonyl (C=O) groups is 1. The Morgan fingerprint density at radius 3 is 2.92 bits per heavy atom. The van der Waals surface area contributed by atoms with Gasteiger partial charge in [-0.15, -0.1) is 5.92 Å². The molecule has 1 aliphatic rings. The maximum absolute atomic E-state index is 11.5. The Labute approximate surface area is 73.7 Å². The number of rotatable bonds is 2. The van der Waals surface area contributed by atoms with Crippen molar-refractivity contribution in [1.82, 2.24) is 5.32 Å². The van der Waals surface area contributed by atoms with Crippen molar-refractivity contribution in [2.75, 3.05) is 6.54 Å². The molecule has 0 radical (unpaired) electrons. The van der Waals surface area contributed by atoms with Crippen LogP contribution in [-0.2, 0) is 4.79 Å². The van der Waals surface area contributed by atoms with Crippen LogP contribution >= 0.6 is 0 Å². The minimum Gasteiger partial charge on any atom is -0.314 e. The fourth-order valence-corrected chi connectivity index (χ4v) is 1.61. The molecule has 2 atom stereocenters. The first-order valence-electron chi connectivity index (χ1n) is 4.41. The number of carbonyl (C=O) groups excluding carboxylic acids is 1. The minimum atomic E-state index is 0.200. The number of hydrogen-bond donors (Lipinski definition) is 1. The third kappa shape index (κ3) is 2.09. The van der Waals surface area contributed by atoms with Crippen LogP contribution in [0.5, 0.6) is 0 Å². The van der Waals surface area contributed by atoms with Gasteiger partial charge in [0.1, 0.15) is 5.78 Å². The van der Waals surface area contributed by atoms with Crippen LogP contribution in [0.15, 0.2) is 0 Å². The van der Waals surface area contributed by atoms with Gasteiger partial charge in [0.25, 0.3) is 0 Å². The van der Waals surface area contributed by atoms with Crippen LogP contribution in [-0.4, -0.2) is 18.4 Å². The van der Waals surface area contributed by atoms with Gasteiger partial charge in [0, 0.05) is 12.0 Å². The molecule has 0 spiro atoms. The summed E-state index contributed by atoms with van der Waals surface area (Å²) in [6.07, 6.45) is 1.40. The van der Waals surface area contributed by atoms with E-state index in [1.807, 2.05) is 0 Å². The number of Topliss-reactive ketones (excluding diaryl/α,β-unsaturated/α-hetero) is 1. The summed E-state index contributed by atoms with van der Waals surface area (Å²) in [6.45, 7) is 4.80. The lowest BCUT2D eigenvalue weighted by Gasteiger charge is -2.11. The molecule has 1 heterocycles. The van der Waals surface area contributed by atoms with E-state index in [1.54, 1.807) is 6.92 Å². The van der Waals surface area contributed by atoms with E-state index in [1.165, 1.54) is 0 Å². The van der Waals surface area contributed by atoms with E-state index in [9.17, 15) is 4.79 Å². The molecule has 1 N–H and O–H groups in total. The quantitative estimate of drug-likeness (QED) is 0.618. The zero-order chi connectivity index (χ0) is 8.97. The lowest BCUT2D eigenvalue weighted by molar-refractivity contribution is -0.121. The van der Waals surface area contributed by atoms with Crippen LogP contribution in [0.4, 0.5) is 0 Å². The fourth-order valence-electron chi connectivity index (χ4n) is 1.61. The van der Waals surface area contributed by atoms with E-state index in [4.69, 9.17) is 0 Å². The smallest absolute Gasteiger partial charge is 0.149 e. The molecule has 1 saturated heterocycles. The maximum atomic E-state index is 11.5. The molecular formula is C10H15NO. The standard InChI is InChI=1S/C10H15NO/c1-3-4-5-10(12)9-6-7-11-8(9)2/h8-9,11H,5-7H2,1-2H3. The Hall–Kier alpha value is -0.810. The van der Waals surface area contributed by atoms with Crippen LogP contribution in [0.3, 0.4) is 0 Å². The predicted molar refractivity (Wildman–Crippen MR) is 48.6 cm³/mol. The Kier molecular flexibility index (Phi) is 3.31. The van der Waals surface area contributed by atoms with E-state index >= 15 is 0 Å². The molecule has 12 heavy (non-hydrogen) atoms. The SMILES string of the molecule is CC#CCC(=O)C1CCNC1C. The second-order valence-electron chi connectivity index (χ2n) is 3.21. The molecule has 2 nitrogen and oxygen atoms in total. The molecule has 0 aliphatic carbocycles. The van der Waals surface area contributed by atoms with Crippen molar-refractivity contribution >= 4 is 5.78 Å². The first-order chi connectivity index (χ1) is 5.75. The molecule has 0 bridgehead atoms. The average molecular weight is 165 g/mol. The van der Waals surface area contributed by atoms with Gasteiger partial charge >= 0.3 is 0 Å². The highest BCUT2D eigenvalue weighted by atomic mass is 16.1. The molecule has 0 aromatic heterocycles. The molecule has 2 heteroatoms. The van der Waals surface area contributed by atoms with Crippen molar-refractivity contribution < 1.29 is 4.79 Å². The summed E-state index contributed by atoms with van der Waals surface area (Å²) in [7, 11) is 0. The topological polar surface area (TPSA) is 29.1 Å². The molecule has 1 aliphatic heterocycles. The van der Waals surface area contributed by atoms with Gasteiger partial charge < -0.3 is 5.32 Å².